The summed E-state index contributed by atoms with van der Waals surface area (Å²) in [6, 6.07) is 20.9. The molecule has 5 nitrogen and oxygen atoms in total. The third-order valence-corrected chi connectivity index (χ3v) is 4.57. The molecule has 2 aromatic carbocycles. The van der Waals surface area contributed by atoms with Gasteiger partial charge in [-0.1, -0.05) is 56.3 Å². The van der Waals surface area contributed by atoms with Crippen LogP contribution in [0.2, 0.25) is 0 Å². The van der Waals surface area contributed by atoms with Gasteiger partial charge in [-0.25, -0.2) is 4.68 Å². The molecule has 0 saturated carbocycles. The lowest BCUT2D eigenvalue weighted by Gasteiger charge is -2.09. The van der Waals surface area contributed by atoms with Gasteiger partial charge in [0.15, 0.2) is 0 Å². The van der Waals surface area contributed by atoms with Crippen molar-refractivity contribution in [3.63, 3.8) is 0 Å². The molecule has 1 aromatic heterocycles. The number of aryl methyl sites for hydroxylation is 1. The van der Waals surface area contributed by atoms with Gasteiger partial charge >= 0.3 is 0 Å². The van der Waals surface area contributed by atoms with Crippen LogP contribution in [0, 0.1) is 0 Å². The molecule has 0 spiro atoms. The average molecular weight is 375 g/mol. The zero-order chi connectivity index (χ0) is 19.9. The maximum atomic E-state index is 12.2. The summed E-state index contributed by atoms with van der Waals surface area (Å²) < 4.78 is 1.42. The van der Waals surface area contributed by atoms with Crippen molar-refractivity contribution in [2.45, 2.75) is 39.2 Å². The Labute approximate surface area is 165 Å². The first-order valence-corrected chi connectivity index (χ1v) is 9.56. The highest BCUT2D eigenvalue weighted by atomic mass is 16.1. The van der Waals surface area contributed by atoms with Crippen LogP contribution in [0.3, 0.4) is 0 Å². The molecular formula is C23H25N3O2. The van der Waals surface area contributed by atoms with Gasteiger partial charge < -0.3 is 5.32 Å². The Bertz CT molecular complexity index is 977. The fraction of sp³-hybridized carbons (Fsp3) is 0.261. The number of hydrogen-bond acceptors (Lipinski definition) is 3. The summed E-state index contributed by atoms with van der Waals surface area (Å²) in [5.74, 6) is 0.395. The lowest BCUT2D eigenvalue weighted by molar-refractivity contribution is -0.116. The molecule has 1 heterocycles. The van der Waals surface area contributed by atoms with Gasteiger partial charge in [-0.05, 0) is 36.1 Å². The number of rotatable bonds is 7. The van der Waals surface area contributed by atoms with Gasteiger partial charge in [-0.3, -0.25) is 9.59 Å². The second-order valence-electron chi connectivity index (χ2n) is 7.07. The quantitative estimate of drug-likeness (QED) is 0.663. The molecule has 0 aliphatic carbocycles. The summed E-state index contributed by atoms with van der Waals surface area (Å²) in [6.07, 6.45) is 0.872. The standard InChI is InChI=1S/C23H25N3O2/c1-17(2)18-10-12-20(13-11-18)24-22(27)9-6-16-26-23(28)15-14-21(25-26)19-7-4-3-5-8-19/h3-5,7-8,10-15,17H,6,9,16H2,1-2H3,(H,24,27). The van der Waals surface area contributed by atoms with Crippen LogP contribution < -0.4 is 10.9 Å². The number of nitrogens with zero attached hydrogens (tertiary/aromatic N) is 2. The van der Waals surface area contributed by atoms with Crippen LogP contribution in [0.4, 0.5) is 5.69 Å². The Morgan fingerprint density at radius 2 is 1.71 bits per heavy atom. The Balaban J connectivity index is 1.56. The lowest BCUT2D eigenvalue weighted by Crippen LogP contribution is -2.23. The van der Waals surface area contributed by atoms with Crippen molar-refractivity contribution in [1.82, 2.24) is 9.78 Å². The predicted octanol–water partition coefficient (Wildman–Crippen LogP) is 4.45. The first-order valence-electron chi connectivity index (χ1n) is 9.56. The van der Waals surface area contributed by atoms with E-state index in [9.17, 15) is 9.59 Å². The molecule has 1 N–H and O–H groups in total. The second kappa shape index (κ2) is 9.13. The van der Waals surface area contributed by atoms with Crippen molar-refractivity contribution in [2.75, 3.05) is 5.32 Å². The van der Waals surface area contributed by atoms with Crippen LogP contribution in [0.25, 0.3) is 11.3 Å². The normalized spacial score (nSPS) is 10.8. The van der Waals surface area contributed by atoms with Gasteiger partial charge in [0.25, 0.3) is 5.56 Å². The smallest absolute Gasteiger partial charge is 0.266 e. The number of amides is 1. The van der Waals surface area contributed by atoms with Gasteiger partial charge in [0.2, 0.25) is 5.91 Å². The molecule has 0 bridgehead atoms. The van der Waals surface area contributed by atoms with E-state index in [1.165, 1.54) is 16.3 Å². The van der Waals surface area contributed by atoms with Crippen LogP contribution in [-0.2, 0) is 11.3 Å². The fourth-order valence-electron chi connectivity index (χ4n) is 2.94. The third-order valence-electron chi connectivity index (χ3n) is 4.57. The summed E-state index contributed by atoms with van der Waals surface area (Å²) in [6.45, 7) is 4.67. The Kier molecular flexibility index (Phi) is 6.37. The van der Waals surface area contributed by atoms with E-state index in [-0.39, 0.29) is 11.5 Å². The van der Waals surface area contributed by atoms with Crippen LogP contribution in [0.5, 0.6) is 0 Å². The van der Waals surface area contributed by atoms with Gasteiger partial charge in [0.05, 0.1) is 5.69 Å². The molecule has 0 atom stereocenters. The maximum absolute atomic E-state index is 12.2. The first-order chi connectivity index (χ1) is 13.5. The first kappa shape index (κ1) is 19.5. The molecule has 0 radical (unpaired) electrons. The van der Waals surface area contributed by atoms with Crippen LogP contribution in [-0.4, -0.2) is 15.7 Å². The van der Waals surface area contributed by atoms with Crippen molar-refractivity contribution in [3.8, 4) is 11.3 Å². The summed E-state index contributed by atoms with van der Waals surface area (Å²) in [5, 5.41) is 7.32. The van der Waals surface area contributed by atoms with E-state index in [2.05, 4.69) is 24.3 Å². The monoisotopic (exact) mass is 375 g/mol. The highest BCUT2D eigenvalue weighted by Gasteiger charge is 2.06. The minimum atomic E-state index is -0.163. The summed E-state index contributed by atoms with van der Waals surface area (Å²) in [7, 11) is 0. The second-order valence-corrected chi connectivity index (χ2v) is 7.07. The van der Waals surface area contributed by atoms with Gasteiger partial charge in [0, 0.05) is 30.3 Å². The number of anilines is 1. The number of benzene rings is 2. The van der Waals surface area contributed by atoms with Crippen LogP contribution in [0.15, 0.2) is 71.5 Å². The molecule has 0 saturated heterocycles. The third kappa shape index (κ3) is 5.16. The predicted molar refractivity (Wildman–Crippen MR) is 112 cm³/mol. The molecule has 5 heteroatoms. The molecule has 3 rings (SSSR count). The molecule has 0 aliphatic rings. The number of carbonyl (C=O) groups is 1. The minimum Gasteiger partial charge on any atom is -0.326 e. The average Bonchev–Trinajstić information content (AvgIpc) is 2.70. The molecule has 3 aromatic rings. The van der Waals surface area contributed by atoms with Crippen molar-refractivity contribution in [1.29, 1.82) is 0 Å². The lowest BCUT2D eigenvalue weighted by atomic mass is 10.0. The number of carbonyl (C=O) groups excluding carboxylic acids is 1. The zero-order valence-electron chi connectivity index (χ0n) is 16.3. The molecule has 0 unspecified atom stereocenters. The SMILES string of the molecule is CC(C)c1ccc(NC(=O)CCCn2nc(-c3ccccc3)ccc2=O)cc1. The zero-order valence-corrected chi connectivity index (χ0v) is 16.3. The van der Waals surface area contributed by atoms with Crippen LogP contribution >= 0.6 is 0 Å². The van der Waals surface area contributed by atoms with Gasteiger partial charge in [-0.15, -0.1) is 0 Å². The fourth-order valence-corrected chi connectivity index (χ4v) is 2.94. The highest BCUT2D eigenvalue weighted by molar-refractivity contribution is 5.90. The van der Waals surface area contributed by atoms with E-state index in [1.807, 2.05) is 54.6 Å². The molecule has 144 valence electrons. The van der Waals surface area contributed by atoms with Gasteiger partial charge in [-0.2, -0.15) is 5.10 Å². The van der Waals surface area contributed by atoms with Crippen molar-refractivity contribution >= 4 is 11.6 Å². The van der Waals surface area contributed by atoms with E-state index in [4.69, 9.17) is 0 Å². The van der Waals surface area contributed by atoms with Gasteiger partial charge in [0.1, 0.15) is 0 Å². The Hall–Kier alpha value is -3.21. The summed E-state index contributed by atoms with van der Waals surface area (Å²) in [4.78, 5) is 24.2. The van der Waals surface area contributed by atoms with E-state index in [1.54, 1.807) is 6.07 Å². The van der Waals surface area contributed by atoms with E-state index < -0.39 is 0 Å². The minimum absolute atomic E-state index is 0.0652. The molecule has 1 amide bonds. The number of nitrogens with one attached hydrogen (secondary N) is 1. The van der Waals surface area contributed by atoms with Crippen LogP contribution in [0.1, 0.15) is 38.2 Å². The Morgan fingerprint density at radius 1 is 1.00 bits per heavy atom. The molecule has 28 heavy (non-hydrogen) atoms. The number of aromatic nitrogens is 2. The summed E-state index contributed by atoms with van der Waals surface area (Å²) >= 11 is 0. The van der Waals surface area contributed by atoms with E-state index in [0.717, 1.165) is 16.9 Å². The maximum Gasteiger partial charge on any atom is 0.266 e. The number of hydrogen-bond donors (Lipinski definition) is 1. The van der Waals surface area contributed by atoms with E-state index >= 15 is 0 Å². The van der Waals surface area contributed by atoms with Crippen molar-refractivity contribution in [3.05, 3.63) is 82.6 Å². The molecule has 0 aliphatic heterocycles. The Morgan fingerprint density at radius 3 is 2.39 bits per heavy atom. The largest absolute Gasteiger partial charge is 0.326 e. The summed E-state index contributed by atoms with van der Waals surface area (Å²) in [5.41, 5.74) is 3.57. The van der Waals surface area contributed by atoms with E-state index in [0.29, 0.717) is 25.3 Å². The molecular weight excluding hydrogens is 350 g/mol. The highest BCUT2D eigenvalue weighted by Crippen LogP contribution is 2.17. The van der Waals surface area contributed by atoms with Crippen molar-refractivity contribution in [2.24, 2.45) is 0 Å². The molecule has 0 fully saturated rings. The van der Waals surface area contributed by atoms with Crippen molar-refractivity contribution < 1.29 is 4.79 Å². The topological polar surface area (TPSA) is 64.0 Å².